The van der Waals surface area contributed by atoms with Crippen molar-refractivity contribution in [1.82, 2.24) is 0 Å². The summed E-state index contributed by atoms with van der Waals surface area (Å²) in [5, 5.41) is 4.80. The summed E-state index contributed by atoms with van der Waals surface area (Å²) >= 11 is 1.87. The van der Waals surface area contributed by atoms with Crippen molar-refractivity contribution in [1.29, 1.82) is 0 Å². The number of fused-ring (bicyclic) bond motifs is 6. The number of nitrogens with zero attached hydrogens (tertiary/aromatic N) is 1. The van der Waals surface area contributed by atoms with Crippen LogP contribution in [0.5, 0.6) is 0 Å². The third kappa shape index (κ3) is 6.58. The van der Waals surface area contributed by atoms with Gasteiger partial charge in [-0.15, -0.1) is 11.3 Å². The second kappa shape index (κ2) is 15.5. The Morgan fingerprint density at radius 1 is 0.286 bits per heavy atom. The topological polar surface area (TPSA) is 16.4 Å². The molecule has 0 saturated heterocycles. The number of anilines is 3. The number of para-hydroxylation sites is 1. The molecular formula is C60H39NOS. The van der Waals surface area contributed by atoms with Gasteiger partial charge in [0.2, 0.25) is 0 Å². The molecule has 0 fully saturated rings. The van der Waals surface area contributed by atoms with Crippen molar-refractivity contribution in [2.45, 2.75) is 0 Å². The zero-order valence-corrected chi connectivity index (χ0v) is 35.1. The Kier molecular flexibility index (Phi) is 9.06. The Morgan fingerprint density at radius 3 is 1.33 bits per heavy atom. The molecule has 0 bridgehead atoms. The molecule has 0 N–H and O–H groups in total. The number of furan rings is 1. The van der Waals surface area contributed by atoms with E-state index in [4.69, 9.17) is 4.42 Å². The molecule has 296 valence electrons. The molecule has 2 heterocycles. The smallest absolute Gasteiger partial charge is 0.143 e. The number of benzene rings is 10. The lowest BCUT2D eigenvalue weighted by Crippen LogP contribution is -2.09. The second-order valence-electron chi connectivity index (χ2n) is 16.0. The van der Waals surface area contributed by atoms with Crippen LogP contribution >= 0.6 is 11.3 Å². The third-order valence-corrected chi connectivity index (χ3v) is 13.5. The van der Waals surface area contributed by atoms with Crippen molar-refractivity contribution in [2.24, 2.45) is 0 Å². The number of thiophene rings is 1. The van der Waals surface area contributed by atoms with Gasteiger partial charge in [0.1, 0.15) is 11.2 Å². The first-order valence-electron chi connectivity index (χ1n) is 21.4. The van der Waals surface area contributed by atoms with Gasteiger partial charge in [-0.05, 0) is 99.1 Å². The molecule has 2 nitrogen and oxygen atoms in total. The zero-order chi connectivity index (χ0) is 41.7. The van der Waals surface area contributed by atoms with E-state index >= 15 is 0 Å². The highest BCUT2D eigenvalue weighted by molar-refractivity contribution is 7.26. The van der Waals surface area contributed by atoms with Gasteiger partial charge < -0.3 is 9.32 Å². The quantitative estimate of drug-likeness (QED) is 0.152. The predicted molar refractivity (Wildman–Crippen MR) is 268 cm³/mol. The Balaban J connectivity index is 1.02. The van der Waals surface area contributed by atoms with Crippen LogP contribution in [-0.4, -0.2) is 0 Å². The Labute approximate surface area is 370 Å². The normalized spacial score (nSPS) is 11.5. The fraction of sp³-hybridized carbons (Fsp3) is 0. The van der Waals surface area contributed by atoms with Crippen molar-refractivity contribution >= 4 is 70.5 Å². The van der Waals surface area contributed by atoms with Crippen LogP contribution in [0.25, 0.3) is 97.7 Å². The van der Waals surface area contributed by atoms with Crippen LogP contribution in [0.3, 0.4) is 0 Å². The SMILES string of the molecule is c1ccc(-c2ccc(N(c3ccc(-c4ccccc4)cc3)c3ccc(-c4cc(-c5cccc6c5sc5ccccc56)cc5c4oc4c(-c6ccccc6)cccc45)cc3)cc2)cc1. The first kappa shape index (κ1) is 36.8. The Morgan fingerprint density at radius 2 is 0.730 bits per heavy atom. The molecule has 0 unspecified atom stereocenters. The summed E-state index contributed by atoms with van der Waals surface area (Å²) in [6.45, 7) is 0. The summed E-state index contributed by atoms with van der Waals surface area (Å²) in [5.41, 5.74) is 16.6. The monoisotopic (exact) mass is 821 g/mol. The first-order chi connectivity index (χ1) is 31.2. The minimum atomic E-state index is 0.887. The van der Waals surface area contributed by atoms with Gasteiger partial charge in [0, 0.05) is 59.1 Å². The molecule has 3 heteroatoms. The second-order valence-corrected chi connectivity index (χ2v) is 17.1. The van der Waals surface area contributed by atoms with E-state index in [1.165, 1.54) is 53.6 Å². The molecule has 0 amide bonds. The van der Waals surface area contributed by atoms with Crippen LogP contribution in [0.4, 0.5) is 17.1 Å². The van der Waals surface area contributed by atoms with Gasteiger partial charge in [0.25, 0.3) is 0 Å². The van der Waals surface area contributed by atoms with Crippen LogP contribution in [-0.2, 0) is 0 Å². The van der Waals surface area contributed by atoms with Crippen molar-refractivity contribution in [3.63, 3.8) is 0 Å². The molecule has 63 heavy (non-hydrogen) atoms. The summed E-state index contributed by atoms with van der Waals surface area (Å²) in [6, 6.07) is 85.1. The number of hydrogen-bond acceptors (Lipinski definition) is 3. The summed E-state index contributed by atoms with van der Waals surface area (Å²) in [4.78, 5) is 2.34. The zero-order valence-electron chi connectivity index (χ0n) is 34.3. The van der Waals surface area contributed by atoms with Gasteiger partial charge in [0.15, 0.2) is 0 Å². The maximum atomic E-state index is 7.05. The van der Waals surface area contributed by atoms with Crippen molar-refractivity contribution in [2.75, 3.05) is 4.90 Å². The Bertz CT molecular complexity index is 3490. The standard InChI is InChI=1S/C60H39NOS/c1-4-14-40(15-5-1)42-26-32-47(33-27-42)61(48-34-28-43(29-35-48)41-16-6-2-7-17-41)49-36-30-45(31-37-49)55-38-46(51-22-13-24-54-52-20-10-11-25-57(52)63-60(51)54)39-56-53-23-12-21-50(58(53)62-59(55)56)44-18-8-3-9-19-44/h1-39H. The van der Waals surface area contributed by atoms with Gasteiger partial charge in [0.05, 0.1) is 0 Å². The maximum absolute atomic E-state index is 7.05. The highest BCUT2D eigenvalue weighted by Crippen LogP contribution is 2.46. The van der Waals surface area contributed by atoms with Crippen LogP contribution < -0.4 is 4.90 Å². The average molecular weight is 822 g/mol. The molecule has 0 radical (unpaired) electrons. The van der Waals surface area contributed by atoms with E-state index < -0.39 is 0 Å². The predicted octanol–water partition coefficient (Wildman–Crippen LogP) is 17.8. The van der Waals surface area contributed by atoms with Crippen molar-refractivity contribution < 1.29 is 4.42 Å². The fourth-order valence-corrected chi connectivity index (χ4v) is 10.4. The minimum Gasteiger partial charge on any atom is -0.455 e. The van der Waals surface area contributed by atoms with Crippen LogP contribution in [0.2, 0.25) is 0 Å². The largest absolute Gasteiger partial charge is 0.455 e. The van der Waals surface area contributed by atoms with E-state index in [1.807, 2.05) is 11.3 Å². The number of rotatable bonds is 8. The summed E-state index contributed by atoms with van der Waals surface area (Å²) in [6.07, 6.45) is 0. The first-order valence-corrected chi connectivity index (χ1v) is 22.2. The summed E-state index contributed by atoms with van der Waals surface area (Å²) in [5.74, 6) is 0. The summed E-state index contributed by atoms with van der Waals surface area (Å²) in [7, 11) is 0. The van der Waals surface area contributed by atoms with E-state index in [1.54, 1.807) is 0 Å². The van der Waals surface area contributed by atoms with Gasteiger partial charge in [-0.3, -0.25) is 0 Å². The highest BCUT2D eigenvalue weighted by Gasteiger charge is 2.21. The van der Waals surface area contributed by atoms with E-state index in [0.717, 1.165) is 61.3 Å². The minimum absolute atomic E-state index is 0.887. The molecule has 12 aromatic rings. The molecule has 0 saturated carbocycles. The molecule has 0 aliphatic carbocycles. The van der Waals surface area contributed by atoms with Crippen LogP contribution in [0.15, 0.2) is 241 Å². The molecule has 12 rings (SSSR count). The lowest BCUT2D eigenvalue weighted by molar-refractivity contribution is 0.671. The lowest BCUT2D eigenvalue weighted by Gasteiger charge is -2.26. The van der Waals surface area contributed by atoms with Gasteiger partial charge in [-0.25, -0.2) is 0 Å². The van der Waals surface area contributed by atoms with Gasteiger partial charge in [-0.2, -0.15) is 0 Å². The molecule has 0 aliphatic heterocycles. The summed E-state index contributed by atoms with van der Waals surface area (Å²) < 4.78 is 9.65. The van der Waals surface area contributed by atoms with Gasteiger partial charge in [-0.1, -0.05) is 182 Å². The van der Waals surface area contributed by atoms with Crippen molar-refractivity contribution in [3.05, 3.63) is 237 Å². The number of hydrogen-bond donors (Lipinski definition) is 0. The highest BCUT2D eigenvalue weighted by atomic mass is 32.1. The maximum Gasteiger partial charge on any atom is 0.143 e. The fourth-order valence-electron chi connectivity index (χ4n) is 9.19. The van der Waals surface area contributed by atoms with Gasteiger partial charge >= 0.3 is 0 Å². The van der Waals surface area contributed by atoms with Crippen LogP contribution in [0.1, 0.15) is 0 Å². The van der Waals surface area contributed by atoms with E-state index in [2.05, 4.69) is 241 Å². The lowest BCUT2D eigenvalue weighted by atomic mass is 9.94. The third-order valence-electron chi connectivity index (χ3n) is 12.3. The molecule has 2 aromatic heterocycles. The molecule has 0 aliphatic rings. The molecular weight excluding hydrogens is 783 g/mol. The molecule has 0 spiro atoms. The van der Waals surface area contributed by atoms with E-state index in [0.29, 0.717) is 0 Å². The van der Waals surface area contributed by atoms with E-state index in [9.17, 15) is 0 Å². The molecule has 10 aromatic carbocycles. The Hall–Kier alpha value is -7.98. The van der Waals surface area contributed by atoms with Crippen LogP contribution in [0, 0.1) is 0 Å². The van der Waals surface area contributed by atoms with Crippen molar-refractivity contribution in [3.8, 4) is 55.6 Å². The van der Waals surface area contributed by atoms with E-state index in [-0.39, 0.29) is 0 Å². The average Bonchev–Trinajstić information content (AvgIpc) is 3.94. The molecule has 0 atom stereocenters.